The zero-order valence-electron chi connectivity index (χ0n) is 15.5. The standard InChI is InChI=1S/C24H29N/c1-3-5-7-19-9-13-21(14-10-19)23-17-24(25-18-23)22-15-11-20(12-16-22)8-6-4-2/h9-18,25H,3-8H2,1-2H3. The Balaban J connectivity index is 1.71. The molecule has 3 rings (SSSR count). The van der Waals surface area contributed by atoms with Crippen molar-refractivity contribution in [2.45, 2.75) is 52.4 Å². The highest BCUT2D eigenvalue weighted by atomic mass is 14.7. The number of rotatable bonds is 8. The molecule has 0 saturated carbocycles. The van der Waals surface area contributed by atoms with E-state index in [1.807, 2.05) is 0 Å². The first-order valence-corrected chi connectivity index (χ1v) is 9.67. The molecule has 0 fully saturated rings. The van der Waals surface area contributed by atoms with Crippen molar-refractivity contribution < 1.29 is 0 Å². The van der Waals surface area contributed by atoms with E-state index in [2.05, 4.69) is 79.6 Å². The first kappa shape index (κ1) is 17.5. The molecule has 0 atom stereocenters. The van der Waals surface area contributed by atoms with E-state index in [1.54, 1.807) is 0 Å². The first-order valence-electron chi connectivity index (χ1n) is 9.67. The maximum atomic E-state index is 3.43. The van der Waals surface area contributed by atoms with Crippen LogP contribution in [0.1, 0.15) is 50.7 Å². The number of aromatic amines is 1. The Labute approximate surface area is 152 Å². The Hall–Kier alpha value is -2.28. The third-order valence-electron chi connectivity index (χ3n) is 4.87. The molecule has 0 aliphatic carbocycles. The van der Waals surface area contributed by atoms with Crippen LogP contribution in [0.5, 0.6) is 0 Å². The van der Waals surface area contributed by atoms with Gasteiger partial charge in [-0.1, -0.05) is 75.2 Å². The summed E-state index contributed by atoms with van der Waals surface area (Å²) in [5.74, 6) is 0. The molecule has 0 bridgehead atoms. The molecular formula is C24H29N. The Kier molecular flexibility index (Phi) is 6.11. The van der Waals surface area contributed by atoms with Gasteiger partial charge in [-0.2, -0.15) is 0 Å². The van der Waals surface area contributed by atoms with Crippen LogP contribution >= 0.6 is 0 Å². The van der Waals surface area contributed by atoms with Gasteiger partial charge >= 0.3 is 0 Å². The van der Waals surface area contributed by atoms with Crippen molar-refractivity contribution in [1.29, 1.82) is 0 Å². The number of aryl methyl sites for hydroxylation is 2. The molecule has 130 valence electrons. The van der Waals surface area contributed by atoms with Crippen LogP contribution in [0.25, 0.3) is 22.4 Å². The van der Waals surface area contributed by atoms with Crippen molar-refractivity contribution >= 4 is 0 Å². The van der Waals surface area contributed by atoms with Crippen LogP contribution in [0.4, 0.5) is 0 Å². The minimum Gasteiger partial charge on any atom is -0.361 e. The fraction of sp³-hybridized carbons (Fsp3) is 0.333. The average molecular weight is 332 g/mol. The van der Waals surface area contributed by atoms with Crippen molar-refractivity contribution in [2.75, 3.05) is 0 Å². The van der Waals surface area contributed by atoms with E-state index < -0.39 is 0 Å². The van der Waals surface area contributed by atoms with Gasteiger partial charge in [-0.15, -0.1) is 0 Å². The lowest BCUT2D eigenvalue weighted by atomic mass is 10.0. The summed E-state index contributed by atoms with van der Waals surface area (Å²) < 4.78 is 0. The van der Waals surface area contributed by atoms with Gasteiger partial charge in [0, 0.05) is 11.9 Å². The van der Waals surface area contributed by atoms with Crippen LogP contribution in [0.15, 0.2) is 60.8 Å². The van der Waals surface area contributed by atoms with E-state index in [4.69, 9.17) is 0 Å². The second kappa shape index (κ2) is 8.71. The number of aromatic nitrogens is 1. The molecule has 0 saturated heterocycles. The molecule has 1 heterocycles. The van der Waals surface area contributed by atoms with E-state index in [0.29, 0.717) is 0 Å². The van der Waals surface area contributed by atoms with Crippen LogP contribution < -0.4 is 0 Å². The quantitative estimate of drug-likeness (QED) is 0.456. The van der Waals surface area contributed by atoms with Crippen molar-refractivity contribution in [2.24, 2.45) is 0 Å². The normalized spacial score (nSPS) is 11.0. The Bertz CT molecular complexity index is 697. The molecule has 0 amide bonds. The van der Waals surface area contributed by atoms with Gasteiger partial charge in [-0.25, -0.2) is 0 Å². The first-order chi connectivity index (χ1) is 12.3. The smallest absolute Gasteiger partial charge is 0.0460 e. The van der Waals surface area contributed by atoms with Crippen LogP contribution in [-0.4, -0.2) is 4.98 Å². The lowest BCUT2D eigenvalue weighted by Crippen LogP contribution is -1.85. The molecular weight excluding hydrogens is 302 g/mol. The molecule has 1 N–H and O–H groups in total. The fourth-order valence-corrected chi connectivity index (χ4v) is 3.20. The third-order valence-corrected chi connectivity index (χ3v) is 4.87. The largest absolute Gasteiger partial charge is 0.361 e. The van der Waals surface area contributed by atoms with E-state index in [-0.39, 0.29) is 0 Å². The number of hydrogen-bond acceptors (Lipinski definition) is 0. The van der Waals surface area contributed by atoms with Gasteiger partial charge in [-0.05, 0) is 59.6 Å². The summed E-state index contributed by atoms with van der Waals surface area (Å²) in [5.41, 5.74) is 7.84. The maximum Gasteiger partial charge on any atom is 0.0460 e. The zero-order chi connectivity index (χ0) is 17.5. The Morgan fingerprint density at radius 1 is 0.640 bits per heavy atom. The summed E-state index contributed by atoms with van der Waals surface area (Å²) in [7, 11) is 0. The maximum absolute atomic E-state index is 3.43. The molecule has 0 radical (unpaired) electrons. The highest BCUT2D eigenvalue weighted by Crippen LogP contribution is 2.27. The Morgan fingerprint density at radius 2 is 1.16 bits per heavy atom. The van der Waals surface area contributed by atoms with E-state index in [1.165, 1.54) is 72.0 Å². The molecule has 1 heteroatoms. The van der Waals surface area contributed by atoms with Crippen molar-refractivity contribution in [3.63, 3.8) is 0 Å². The van der Waals surface area contributed by atoms with Gasteiger partial charge < -0.3 is 4.98 Å². The number of unbranched alkanes of at least 4 members (excludes halogenated alkanes) is 2. The lowest BCUT2D eigenvalue weighted by Gasteiger charge is -2.03. The summed E-state index contributed by atoms with van der Waals surface area (Å²) in [4.78, 5) is 3.43. The molecule has 2 aromatic carbocycles. The minimum atomic E-state index is 1.18. The second-order valence-corrected chi connectivity index (χ2v) is 6.90. The minimum absolute atomic E-state index is 1.18. The van der Waals surface area contributed by atoms with Gasteiger partial charge in [0.1, 0.15) is 0 Å². The lowest BCUT2D eigenvalue weighted by molar-refractivity contribution is 0.795. The zero-order valence-corrected chi connectivity index (χ0v) is 15.5. The predicted molar refractivity (Wildman–Crippen MR) is 109 cm³/mol. The SMILES string of the molecule is CCCCc1ccc(-c2c[nH]c(-c3ccc(CCCC)cc3)c2)cc1. The summed E-state index contributed by atoms with van der Waals surface area (Å²) in [6.07, 6.45) is 9.50. The van der Waals surface area contributed by atoms with Gasteiger partial charge in [0.25, 0.3) is 0 Å². The highest BCUT2D eigenvalue weighted by Gasteiger charge is 2.05. The van der Waals surface area contributed by atoms with Crippen LogP contribution in [0.3, 0.4) is 0 Å². The van der Waals surface area contributed by atoms with Gasteiger partial charge in [0.2, 0.25) is 0 Å². The van der Waals surface area contributed by atoms with Gasteiger partial charge in [0.05, 0.1) is 0 Å². The summed E-state index contributed by atoms with van der Waals surface area (Å²) in [6.45, 7) is 4.48. The number of hydrogen-bond donors (Lipinski definition) is 1. The monoisotopic (exact) mass is 331 g/mol. The van der Waals surface area contributed by atoms with Crippen molar-refractivity contribution in [3.05, 3.63) is 71.9 Å². The summed E-state index contributed by atoms with van der Waals surface area (Å²) in [6, 6.07) is 20.2. The molecule has 0 spiro atoms. The third kappa shape index (κ3) is 4.63. The van der Waals surface area contributed by atoms with Crippen molar-refractivity contribution in [3.8, 4) is 22.4 Å². The van der Waals surface area contributed by atoms with E-state index in [9.17, 15) is 0 Å². The number of benzene rings is 2. The van der Waals surface area contributed by atoms with Gasteiger partial charge in [-0.3, -0.25) is 0 Å². The second-order valence-electron chi connectivity index (χ2n) is 6.90. The summed E-state index contributed by atoms with van der Waals surface area (Å²) >= 11 is 0. The van der Waals surface area contributed by atoms with E-state index in [0.717, 1.165) is 0 Å². The van der Waals surface area contributed by atoms with Crippen molar-refractivity contribution in [1.82, 2.24) is 4.98 Å². The molecule has 0 aliphatic rings. The molecule has 1 nitrogen and oxygen atoms in total. The molecule has 3 aromatic rings. The van der Waals surface area contributed by atoms with Gasteiger partial charge in [0.15, 0.2) is 0 Å². The average Bonchev–Trinajstić information content (AvgIpc) is 3.15. The number of H-pyrrole nitrogens is 1. The van der Waals surface area contributed by atoms with Crippen LogP contribution in [0, 0.1) is 0 Å². The molecule has 0 aliphatic heterocycles. The van der Waals surface area contributed by atoms with Crippen LogP contribution in [-0.2, 0) is 12.8 Å². The molecule has 25 heavy (non-hydrogen) atoms. The molecule has 0 unspecified atom stereocenters. The predicted octanol–water partition coefficient (Wildman–Crippen LogP) is 7.03. The fourth-order valence-electron chi connectivity index (χ4n) is 3.20. The molecule has 1 aromatic heterocycles. The van der Waals surface area contributed by atoms with E-state index >= 15 is 0 Å². The topological polar surface area (TPSA) is 15.8 Å². The van der Waals surface area contributed by atoms with Crippen LogP contribution in [0.2, 0.25) is 0 Å². The number of nitrogens with one attached hydrogen (secondary N) is 1. The highest BCUT2D eigenvalue weighted by molar-refractivity contribution is 5.71. The Morgan fingerprint density at radius 3 is 1.68 bits per heavy atom. The summed E-state index contributed by atoms with van der Waals surface area (Å²) in [5, 5.41) is 0.